The highest BCUT2D eigenvalue weighted by Gasteiger charge is 2.15. The van der Waals surface area contributed by atoms with E-state index in [1.165, 1.54) is 19.1 Å². The third-order valence-electron chi connectivity index (χ3n) is 5.53. The summed E-state index contributed by atoms with van der Waals surface area (Å²) in [6, 6.07) is 14.3. The van der Waals surface area contributed by atoms with Crippen LogP contribution in [-0.2, 0) is 4.79 Å². The number of carbonyl (C=O) groups excluding carboxylic acids is 1. The van der Waals surface area contributed by atoms with E-state index < -0.39 is 11.6 Å². The highest BCUT2D eigenvalue weighted by molar-refractivity contribution is 5.85. The van der Waals surface area contributed by atoms with Gasteiger partial charge in [-0.25, -0.2) is 18.7 Å². The summed E-state index contributed by atoms with van der Waals surface area (Å²) in [6.45, 7) is 7.35. The third kappa shape index (κ3) is 8.11. The number of rotatable bonds is 7. The molecular weight excluding hydrogens is 470 g/mol. The van der Waals surface area contributed by atoms with Gasteiger partial charge in [0.15, 0.2) is 0 Å². The highest BCUT2D eigenvalue weighted by atomic mass is 19.1. The second-order valence-electron chi connectivity index (χ2n) is 8.46. The van der Waals surface area contributed by atoms with Gasteiger partial charge in [0, 0.05) is 62.2 Å². The van der Waals surface area contributed by atoms with E-state index in [0.29, 0.717) is 22.4 Å². The molecule has 0 amide bonds. The summed E-state index contributed by atoms with van der Waals surface area (Å²) in [7, 11) is 1.69. The first-order chi connectivity index (χ1) is 17.9. The molecule has 0 aliphatic carbocycles. The van der Waals surface area contributed by atoms with Crippen molar-refractivity contribution in [3.63, 3.8) is 0 Å². The van der Waals surface area contributed by atoms with Crippen molar-refractivity contribution in [1.82, 2.24) is 14.9 Å². The topological polar surface area (TPSA) is 49.3 Å². The quantitative estimate of drug-likeness (QED) is 0.311. The van der Waals surface area contributed by atoms with E-state index in [9.17, 15) is 13.6 Å². The molecule has 4 rings (SSSR count). The monoisotopic (exact) mass is 500 g/mol. The van der Waals surface area contributed by atoms with Gasteiger partial charge in [0.1, 0.15) is 17.4 Å². The van der Waals surface area contributed by atoms with Crippen molar-refractivity contribution in [1.29, 1.82) is 0 Å². The van der Waals surface area contributed by atoms with Crippen LogP contribution in [0.15, 0.2) is 79.6 Å². The van der Waals surface area contributed by atoms with Crippen molar-refractivity contribution < 1.29 is 13.6 Å². The van der Waals surface area contributed by atoms with Gasteiger partial charge in [-0.2, -0.15) is 0 Å². The van der Waals surface area contributed by atoms with Crippen molar-refractivity contribution in [2.45, 2.75) is 19.8 Å². The fourth-order valence-electron chi connectivity index (χ4n) is 3.77. The fraction of sp³-hybridized carbons (Fsp3) is 0.233. The van der Waals surface area contributed by atoms with Crippen molar-refractivity contribution >= 4 is 23.0 Å². The van der Waals surface area contributed by atoms with Gasteiger partial charge in [-0.3, -0.25) is 4.79 Å². The summed E-state index contributed by atoms with van der Waals surface area (Å²) >= 11 is 0. The number of aromatic nitrogens is 2. The van der Waals surface area contributed by atoms with Crippen LogP contribution < -0.4 is 4.90 Å². The molecule has 37 heavy (non-hydrogen) atoms. The molecule has 0 spiro atoms. The second-order valence-corrected chi connectivity index (χ2v) is 8.46. The molecule has 3 aromatic rings. The average Bonchev–Trinajstić information content (AvgIpc) is 3.18. The first-order valence-electron chi connectivity index (χ1n) is 12.0. The smallest absolute Gasteiger partial charge is 0.225 e. The number of anilines is 1. The molecule has 0 bridgehead atoms. The lowest BCUT2D eigenvalue weighted by molar-refractivity contribution is -0.117. The Morgan fingerprint density at radius 3 is 2.05 bits per heavy atom. The maximum Gasteiger partial charge on any atom is 0.225 e. The van der Waals surface area contributed by atoms with E-state index in [-0.39, 0.29) is 12.3 Å². The van der Waals surface area contributed by atoms with Crippen LogP contribution in [0.25, 0.3) is 11.3 Å². The fourth-order valence-corrected chi connectivity index (χ4v) is 3.77. The highest BCUT2D eigenvalue weighted by Crippen LogP contribution is 2.26. The Balaban J connectivity index is 0.000000244. The first kappa shape index (κ1) is 27.3. The van der Waals surface area contributed by atoms with Crippen LogP contribution in [0.4, 0.5) is 14.7 Å². The van der Waals surface area contributed by atoms with Gasteiger partial charge in [0.05, 0.1) is 6.54 Å². The van der Waals surface area contributed by atoms with E-state index in [2.05, 4.69) is 33.3 Å². The standard InChI is InChI=1S/C20H19F2NO.C10H11N3/c1-14(16-8-4-6-10-18(16)21)12-20(23(3)13-15(2)24)17-9-5-7-11-19(17)22;1-2-4-9-13(8-3-1)10-11-6-5-7-12-10/h4-12H,1,13H2,2-3H3;5-7H,3-4,8-9H2/b20-12-;. The Bertz CT molecular complexity index is 1300. The molecule has 5 nitrogen and oxygen atoms in total. The molecule has 0 saturated heterocycles. The van der Waals surface area contributed by atoms with Gasteiger partial charge in [-0.05, 0) is 42.8 Å². The lowest BCUT2D eigenvalue weighted by Gasteiger charge is -2.23. The van der Waals surface area contributed by atoms with Crippen LogP contribution >= 0.6 is 0 Å². The van der Waals surface area contributed by atoms with Crippen LogP contribution in [0.1, 0.15) is 30.9 Å². The van der Waals surface area contributed by atoms with Gasteiger partial charge in [0.25, 0.3) is 0 Å². The summed E-state index contributed by atoms with van der Waals surface area (Å²) in [5, 5.41) is 0. The molecule has 1 aliphatic rings. The van der Waals surface area contributed by atoms with Crippen LogP contribution in [0, 0.1) is 23.5 Å². The van der Waals surface area contributed by atoms with Gasteiger partial charge in [-0.15, -0.1) is 11.8 Å². The zero-order chi connectivity index (χ0) is 26.6. The molecule has 0 fully saturated rings. The maximum absolute atomic E-state index is 14.2. The SMILES string of the molecule is C1#CCCN(c2ncccn2)CC1.C=C(/C=C(/c1ccccc1F)N(C)CC(C)=O)c1ccccc1F. The van der Waals surface area contributed by atoms with Crippen LogP contribution in [0.3, 0.4) is 0 Å². The molecule has 0 N–H and O–H groups in total. The Morgan fingerprint density at radius 1 is 0.973 bits per heavy atom. The molecule has 2 heterocycles. The summed E-state index contributed by atoms with van der Waals surface area (Å²) in [6.07, 6.45) is 6.97. The summed E-state index contributed by atoms with van der Waals surface area (Å²) in [5.74, 6) is 6.14. The Hall–Kier alpha value is -4.31. The molecular formula is C30H30F2N4O. The zero-order valence-electron chi connectivity index (χ0n) is 21.1. The number of Topliss-reactive ketones (excluding diaryl/α,β-unsaturated/α-hetero) is 1. The molecule has 0 unspecified atom stereocenters. The van der Waals surface area contributed by atoms with Crippen molar-refractivity contribution in [3.05, 3.63) is 102 Å². The predicted molar refractivity (Wildman–Crippen MR) is 144 cm³/mol. The number of likely N-dealkylation sites (N-methyl/N-ethyl adjacent to an activating group) is 1. The number of hydrogen-bond donors (Lipinski definition) is 0. The van der Waals surface area contributed by atoms with E-state index in [1.807, 2.05) is 6.07 Å². The van der Waals surface area contributed by atoms with Crippen LogP contribution in [-0.4, -0.2) is 47.3 Å². The number of halogens is 2. The summed E-state index contributed by atoms with van der Waals surface area (Å²) < 4.78 is 28.2. The average molecular weight is 501 g/mol. The van der Waals surface area contributed by atoms with E-state index in [4.69, 9.17) is 0 Å². The minimum absolute atomic E-state index is 0.0590. The molecule has 1 aromatic heterocycles. The second kappa shape index (κ2) is 13.7. The van der Waals surface area contributed by atoms with Gasteiger partial charge < -0.3 is 9.80 Å². The summed E-state index contributed by atoms with van der Waals surface area (Å²) in [5.41, 5.74) is 1.54. The van der Waals surface area contributed by atoms with E-state index >= 15 is 0 Å². The minimum atomic E-state index is -0.416. The zero-order valence-corrected chi connectivity index (χ0v) is 21.1. The molecule has 190 valence electrons. The van der Waals surface area contributed by atoms with Crippen molar-refractivity contribution in [2.75, 3.05) is 31.6 Å². The lowest BCUT2D eigenvalue weighted by Crippen LogP contribution is -2.26. The number of ketones is 1. The number of allylic oxidation sites excluding steroid dienone is 2. The number of nitrogens with zero attached hydrogens (tertiary/aromatic N) is 4. The molecule has 1 aliphatic heterocycles. The molecule has 7 heteroatoms. The van der Waals surface area contributed by atoms with Crippen LogP contribution in [0.5, 0.6) is 0 Å². The molecule has 0 radical (unpaired) electrons. The van der Waals surface area contributed by atoms with Gasteiger partial charge in [0.2, 0.25) is 5.95 Å². The largest absolute Gasteiger partial charge is 0.367 e. The number of benzene rings is 2. The van der Waals surface area contributed by atoms with Gasteiger partial charge >= 0.3 is 0 Å². The molecule has 2 aromatic carbocycles. The van der Waals surface area contributed by atoms with E-state index in [0.717, 1.165) is 31.9 Å². The van der Waals surface area contributed by atoms with Gasteiger partial charge in [-0.1, -0.05) is 36.9 Å². The number of carbonyl (C=O) groups is 1. The van der Waals surface area contributed by atoms with Crippen LogP contribution in [0.2, 0.25) is 0 Å². The van der Waals surface area contributed by atoms with Crippen molar-refractivity contribution in [3.8, 4) is 11.8 Å². The normalized spacial score (nSPS) is 12.9. The Labute approximate surface area is 217 Å². The maximum atomic E-state index is 14.2. The summed E-state index contributed by atoms with van der Waals surface area (Å²) in [4.78, 5) is 23.6. The molecule has 0 atom stereocenters. The predicted octanol–water partition coefficient (Wildman–Crippen LogP) is 5.62. The third-order valence-corrected chi connectivity index (χ3v) is 5.53. The molecule has 0 saturated carbocycles. The first-order valence-corrected chi connectivity index (χ1v) is 12.0. The Kier molecular flexibility index (Phi) is 10.1. The van der Waals surface area contributed by atoms with E-state index in [1.54, 1.807) is 66.8 Å². The van der Waals surface area contributed by atoms with Crippen molar-refractivity contribution in [2.24, 2.45) is 0 Å². The number of hydrogen-bond acceptors (Lipinski definition) is 5. The lowest BCUT2D eigenvalue weighted by atomic mass is 10.0. The Morgan fingerprint density at radius 2 is 1.51 bits per heavy atom. The minimum Gasteiger partial charge on any atom is -0.367 e.